The first kappa shape index (κ1) is 15.0. The van der Waals surface area contributed by atoms with E-state index in [9.17, 15) is 14.7 Å². The van der Waals surface area contributed by atoms with Gasteiger partial charge in [0.2, 0.25) is 5.91 Å². The summed E-state index contributed by atoms with van der Waals surface area (Å²) in [6.45, 7) is 1.24. The summed E-state index contributed by atoms with van der Waals surface area (Å²) in [5.41, 5.74) is 1.77. The first-order valence-corrected chi connectivity index (χ1v) is 7.88. The van der Waals surface area contributed by atoms with Crippen molar-refractivity contribution in [1.82, 2.24) is 4.90 Å². The molecule has 3 rings (SSSR count). The lowest BCUT2D eigenvalue weighted by molar-refractivity contribution is -0.151. The quantitative estimate of drug-likeness (QED) is 0.925. The van der Waals surface area contributed by atoms with E-state index < -0.39 is 12.0 Å². The number of benzene rings is 1. The Morgan fingerprint density at radius 1 is 1.32 bits per heavy atom. The summed E-state index contributed by atoms with van der Waals surface area (Å²) in [6, 6.07) is 6.64. The van der Waals surface area contributed by atoms with Gasteiger partial charge in [-0.05, 0) is 36.8 Å². The molecule has 5 heteroatoms. The summed E-state index contributed by atoms with van der Waals surface area (Å²) in [5, 5.41) is 9.57. The Hall–Kier alpha value is -1.88. The summed E-state index contributed by atoms with van der Waals surface area (Å²) in [6.07, 6.45) is 3.96. The molecule has 0 bridgehead atoms. The number of ether oxygens (including phenoxy) is 1. The van der Waals surface area contributed by atoms with Gasteiger partial charge in [0.15, 0.2) is 6.04 Å². The van der Waals surface area contributed by atoms with Gasteiger partial charge in [0, 0.05) is 19.6 Å². The Labute approximate surface area is 129 Å². The number of carbonyl (C=O) groups excluding carboxylic acids is 1. The van der Waals surface area contributed by atoms with Crippen molar-refractivity contribution in [2.24, 2.45) is 0 Å². The zero-order valence-electron chi connectivity index (χ0n) is 12.5. The highest BCUT2D eigenvalue weighted by atomic mass is 16.5. The molecule has 2 atom stereocenters. The Bertz CT molecular complexity index is 566. The molecule has 5 nitrogen and oxygen atoms in total. The molecule has 0 saturated carbocycles. The van der Waals surface area contributed by atoms with Crippen LogP contribution in [0.5, 0.6) is 0 Å². The number of amides is 1. The van der Waals surface area contributed by atoms with Gasteiger partial charge in [0.1, 0.15) is 0 Å². The lowest BCUT2D eigenvalue weighted by Crippen LogP contribution is -2.43. The highest BCUT2D eigenvalue weighted by Crippen LogP contribution is 2.31. The average Bonchev–Trinajstić information content (AvgIpc) is 3.04. The molecular formula is C17H21NO4. The average molecular weight is 303 g/mol. The van der Waals surface area contributed by atoms with Gasteiger partial charge in [-0.3, -0.25) is 4.79 Å². The molecule has 1 aromatic rings. The molecule has 2 aliphatic heterocycles. The van der Waals surface area contributed by atoms with Crippen LogP contribution in [0.3, 0.4) is 0 Å². The maximum Gasteiger partial charge on any atom is 0.331 e. The van der Waals surface area contributed by atoms with Gasteiger partial charge in [-0.1, -0.05) is 24.3 Å². The molecule has 2 heterocycles. The van der Waals surface area contributed by atoms with Gasteiger partial charge in [0.05, 0.1) is 6.10 Å². The topological polar surface area (TPSA) is 66.8 Å². The smallest absolute Gasteiger partial charge is 0.331 e. The Morgan fingerprint density at radius 3 is 2.86 bits per heavy atom. The molecule has 2 aliphatic rings. The van der Waals surface area contributed by atoms with Crippen LogP contribution in [-0.4, -0.2) is 41.1 Å². The molecule has 22 heavy (non-hydrogen) atoms. The summed E-state index contributed by atoms with van der Waals surface area (Å²) in [5.74, 6) is -1.05. The summed E-state index contributed by atoms with van der Waals surface area (Å²) in [7, 11) is 0. The van der Waals surface area contributed by atoms with Crippen molar-refractivity contribution in [3.8, 4) is 0 Å². The number of fused-ring (bicyclic) bond motifs is 1. The molecule has 0 aromatic heterocycles. The SMILES string of the molecule is O=C(O)C1c2ccccc2CCN1C(=O)CCC1CCCO1. The van der Waals surface area contributed by atoms with Gasteiger partial charge in [-0.25, -0.2) is 4.79 Å². The van der Waals surface area contributed by atoms with Crippen LogP contribution < -0.4 is 0 Å². The second-order valence-electron chi connectivity index (χ2n) is 5.95. The minimum absolute atomic E-state index is 0.0857. The van der Waals surface area contributed by atoms with Gasteiger partial charge < -0.3 is 14.7 Å². The first-order valence-electron chi connectivity index (χ1n) is 7.88. The third kappa shape index (κ3) is 2.99. The fourth-order valence-electron chi connectivity index (χ4n) is 3.40. The molecule has 0 spiro atoms. The minimum atomic E-state index is -0.961. The van der Waals surface area contributed by atoms with Crippen LogP contribution in [0.4, 0.5) is 0 Å². The first-order chi connectivity index (χ1) is 10.7. The third-order valence-electron chi connectivity index (χ3n) is 4.54. The van der Waals surface area contributed by atoms with Crippen LogP contribution in [0.1, 0.15) is 42.9 Å². The predicted octanol–water partition coefficient (Wildman–Crippen LogP) is 2.16. The molecule has 1 aromatic carbocycles. The van der Waals surface area contributed by atoms with E-state index in [1.165, 1.54) is 4.90 Å². The number of aliphatic carboxylic acids is 1. The summed E-state index contributed by atoms with van der Waals surface area (Å²) in [4.78, 5) is 25.7. The molecular weight excluding hydrogens is 282 g/mol. The van der Waals surface area contributed by atoms with Gasteiger partial charge in [0.25, 0.3) is 0 Å². The normalized spacial score (nSPS) is 24.1. The number of hydrogen-bond acceptors (Lipinski definition) is 3. The summed E-state index contributed by atoms with van der Waals surface area (Å²) >= 11 is 0. The zero-order chi connectivity index (χ0) is 15.5. The third-order valence-corrected chi connectivity index (χ3v) is 4.54. The van der Waals surface area contributed by atoms with Crippen molar-refractivity contribution in [3.05, 3.63) is 35.4 Å². The molecule has 0 aliphatic carbocycles. The molecule has 0 radical (unpaired) electrons. The van der Waals surface area contributed by atoms with Crippen molar-refractivity contribution < 1.29 is 19.4 Å². The largest absolute Gasteiger partial charge is 0.479 e. The van der Waals surface area contributed by atoms with Crippen LogP contribution in [0, 0.1) is 0 Å². The Kier molecular flexibility index (Phi) is 4.43. The fraction of sp³-hybridized carbons (Fsp3) is 0.529. The van der Waals surface area contributed by atoms with Crippen molar-refractivity contribution in [1.29, 1.82) is 0 Å². The number of hydrogen-bond donors (Lipinski definition) is 1. The van der Waals surface area contributed by atoms with E-state index in [2.05, 4.69) is 0 Å². The van der Waals surface area contributed by atoms with Crippen molar-refractivity contribution >= 4 is 11.9 Å². The lowest BCUT2D eigenvalue weighted by atomic mass is 9.92. The number of nitrogens with zero attached hydrogens (tertiary/aromatic N) is 1. The molecule has 1 N–H and O–H groups in total. The summed E-state index contributed by atoms with van der Waals surface area (Å²) < 4.78 is 5.53. The second kappa shape index (κ2) is 6.48. The van der Waals surface area contributed by atoms with E-state index in [4.69, 9.17) is 4.74 Å². The lowest BCUT2D eigenvalue weighted by Gasteiger charge is -2.35. The van der Waals surface area contributed by atoms with E-state index in [-0.39, 0.29) is 12.0 Å². The number of carboxylic acids is 1. The zero-order valence-corrected chi connectivity index (χ0v) is 12.5. The molecule has 1 fully saturated rings. The number of rotatable bonds is 4. The van der Waals surface area contributed by atoms with Crippen LogP contribution >= 0.6 is 0 Å². The Balaban J connectivity index is 1.72. The maximum absolute atomic E-state index is 12.5. The standard InChI is InChI=1S/C17H21NO4/c19-15(8-7-13-5-3-11-22-13)18-10-9-12-4-1-2-6-14(12)16(18)17(20)21/h1-2,4,6,13,16H,3,5,7-11H2,(H,20,21). The van der Waals surface area contributed by atoms with Gasteiger partial charge in [-0.15, -0.1) is 0 Å². The molecule has 118 valence electrons. The van der Waals surface area contributed by atoms with Gasteiger partial charge in [-0.2, -0.15) is 0 Å². The molecule has 1 amide bonds. The van der Waals surface area contributed by atoms with E-state index in [1.54, 1.807) is 0 Å². The monoisotopic (exact) mass is 303 g/mol. The predicted molar refractivity (Wildman–Crippen MR) is 80.4 cm³/mol. The maximum atomic E-state index is 12.5. The highest BCUT2D eigenvalue weighted by Gasteiger charge is 2.35. The highest BCUT2D eigenvalue weighted by molar-refractivity contribution is 5.85. The van der Waals surface area contributed by atoms with E-state index in [0.717, 1.165) is 30.6 Å². The second-order valence-corrected chi connectivity index (χ2v) is 5.95. The Morgan fingerprint density at radius 2 is 2.14 bits per heavy atom. The van der Waals surface area contributed by atoms with Crippen LogP contribution in [0.2, 0.25) is 0 Å². The number of carbonyl (C=O) groups is 2. The van der Waals surface area contributed by atoms with Crippen LogP contribution in [0.15, 0.2) is 24.3 Å². The minimum Gasteiger partial charge on any atom is -0.479 e. The van der Waals surface area contributed by atoms with Crippen LogP contribution in [-0.2, 0) is 20.7 Å². The van der Waals surface area contributed by atoms with Crippen molar-refractivity contribution in [2.45, 2.75) is 44.2 Å². The molecule has 1 saturated heterocycles. The van der Waals surface area contributed by atoms with Crippen LogP contribution in [0.25, 0.3) is 0 Å². The fourth-order valence-corrected chi connectivity index (χ4v) is 3.40. The number of carboxylic acid groups (broad SMARTS) is 1. The van der Waals surface area contributed by atoms with Crippen molar-refractivity contribution in [3.63, 3.8) is 0 Å². The van der Waals surface area contributed by atoms with E-state index in [1.807, 2.05) is 24.3 Å². The van der Waals surface area contributed by atoms with Gasteiger partial charge >= 0.3 is 5.97 Å². The molecule has 2 unspecified atom stereocenters. The van der Waals surface area contributed by atoms with E-state index in [0.29, 0.717) is 25.8 Å². The van der Waals surface area contributed by atoms with Crippen molar-refractivity contribution in [2.75, 3.05) is 13.2 Å². The van der Waals surface area contributed by atoms with E-state index >= 15 is 0 Å².